The Morgan fingerprint density at radius 1 is 1.37 bits per heavy atom. The van der Waals surface area contributed by atoms with Gasteiger partial charge in [-0.3, -0.25) is 0 Å². The minimum absolute atomic E-state index is 0.259. The monoisotopic (exact) mass is 292 g/mol. The molecule has 1 aliphatic carbocycles. The summed E-state index contributed by atoms with van der Waals surface area (Å²) in [6, 6.07) is 0. The van der Waals surface area contributed by atoms with Gasteiger partial charge in [0, 0.05) is 13.0 Å². The van der Waals surface area contributed by atoms with Gasteiger partial charge in [-0.05, 0) is 31.2 Å². The lowest BCUT2D eigenvalue weighted by molar-refractivity contribution is -0.141. The highest BCUT2D eigenvalue weighted by Gasteiger charge is 2.37. The van der Waals surface area contributed by atoms with E-state index in [4.69, 9.17) is 0 Å². The number of hydrogen-bond acceptors (Lipinski definition) is 3. The van der Waals surface area contributed by atoms with E-state index < -0.39 is 11.9 Å². The zero-order valence-electron chi connectivity index (χ0n) is 11.2. The fourth-order valence-electron chi connectivity index (χ4n) is 1.87. The summed E-state index contributed by atoms with van der Waals surface area (Å²) in [6.45, 7) is 5.04. The van der Waals surface area contributed by atoms with Crippen molar-refractivity contribution in [2.75, 3.05) is 6.54 Å². The molecule has 0 aromatic carbocycles. The predicted molar refractivity (Wildman–Crippen MR) is 70.1 cm³/mol. The fourth-order valence-corrected chi connectivity index (χ4v) is 3.04. The Bertz CT molecular complexity index is 422. The van der Waals surface area contributed by atoms with Gasteiger partial charge in [0.05, 0.1) is 9.88 Å². The van der Waals surface area contributed by atoms with Crippen molar-refractivity contribution in [2.45, 2.75) is 45.8 Å². The molecule has 0 bridgehead atoms. The molecule has 1 aliphatic rings. The molecule has 2 nitrogen and oxygen atoms in total. The zero-order chi connectivity index (χ0) is 14.0. The number of nitrogens with one attached hydrogen (secondary N) is 1. The highest BCUT2D eigenvalue weighted by molar-refractivity contribution is 7.11. The topological polar surface area (TPSA) is 24.9 Å². The second-order valence-corrected chi connectivity index (χ2v) is 6.72. The maximum absolute atomic E-state index is 12.9. The molecule has 1 fully saturated rings. The molecule has 1 N–H and O–H groups in total. The molecule has 1 heterocycles. The van der Waals surface area contributed by atoms with E-state index in [1.807, 2.05) is 13.8 Å². The second kappa shape index (κ2) is 5.79. The number of thiazole rings is 1. The van der Waals surface area contributed by atoms with E-state index in [-0.39, 0.29) is 6.54 Å². The van der Waals surface area contributed by atoms with Crippen molar-refractivity contribution in [2.24, 2.45) is 11.8 Å². The SMILES string of the molecule is CC(C)CNCc1sc(CC2CC2)nc1C(F)(F)F. The first-order valence-electron chi connectivity index (χ1n) is 6.62. The van der Waals surface area contributed by atoms with Crippen LogP contribution in [0.2, 0.25) is 0 Å². The molecule has 0 unspecified atom stereocenters. The van der Waals surface area contributed by atoms with Crippen molar-refractivity contribution < 1.29 is 13.2 Å². The van der Waals surface area contributed by atoms with Crippen LogP contribution in [0.5, 0.6) is 0 Å². The minimum Gasteiger partial charge on any atom is -0.312 e. The number of alkyl halides is 3. The minimum atomic E-state index is -4.34. The van der Waals surface area contributed by atoms with Gasteiger partial charge in [-0.2, -0.15) is 13.2 Å². The molecule has 2 rings (SSSR count). The molecule has 0 amide bonds. The summed E-state index contributed by atoms with van der Waals surface area (Å²) in [6.07, 6.45) is -1.38. The highest BCUT2D eigenvalue weighted by Crippen LogP contribution is 2.38. The van der Waals surface area contributed by atoms with Gasteiger partial charge in [0.2, 0.25) is 0 Å². The van der Waals surface area contributed by atoms with E-state index >= 15 is 0 Å². The second-order valence-electron chi connectivity index (χ2n) is 5.55. The van der Waals surface area contributed by atoms with Gasteiger partial charge in [-0.15, -0.1) is 11.3 Å². The molecule has 0 aliphatic heterocycles. The first kappa shape index (κ1) is 14.8. The van der Waals surface area contributed by atoms with Crippen LogP contribution >= 0.6 is 11.3 Å². The van der Waals surface area contributed by atoms with Crippen LogP contribution in [0.3, 0.4) is 0 Å². The molecule has 108 valence electrons. The third-order valence-corrected chi connectivity index (χ3v) is 4.09. The summed E-state index contributed by atoms with van der Waals surface area (Å²) in [5.74, 6) is 0.983. The van der Waals surface area contributed by atoms with Crippen molar-refractivity contribution in [3.8, 4) is 0 Å². The van der Waals surface area contributed by atoms with Gasteiger partial charge in [-0.25, -0.2) is 4.98 Å². The Labute approximate surface area is 115 Å². The quantitative estimate of drug-likeness (QED) is 0.861. The Morgan fingerprint density at radius 3 is 2.58 bits per heavy atom. The van der Waals surface area contributed by atoms with E-state index in [1.54, 1.807) is 0 Å². The van der Waals surface area contributed by atoms with Gasteiger partial charge in [-0.1, -0.05) is 13.8 Å². The van der Waals surface area contributed by atoms with Crippen LogP contribution in [-0.4, -0.2) is 11.5 Å². The maximum Gasteiger partial charge on any atom is 0.434 e. The van der Waals surface area contributed by atoms with E-state index in [0.29, 0.717) is 34.7 Å². The fraction of sp³-hybridized carbons (Fsp3) is 0.769. The van der Waals surface area contributed by atoms with Crippen molar-refractivity contribution in [3.05, 3.63) is 15.6 Å². The van der Waals surface area contributed by atoms with Crippen LogP contribution in [0.4, 0.5) is 13.2 Å². The average molecular weight is 292 g/mol. The summed E-state index contributed by atoms with van der Waals surface area (Å²) in [4.78, 5) is 4.14. The number of nitrogens with zero attached hydrogens (tertiary/aromatic N) is 1. The summed E-state index contributed by atoms with van der Waals surface area (Å²) >= 11 is 1.21. The van der Waals surface area contributed by atoms with E-state index in [0.717, 1.165) is 12.8 Å². The first-order valence-corrected chi connectivity index (χ1v) is 7.44. The largest absolute Gasteiger partial charge is 0.434 e. The van der Waals surface area contributed by atoms with Crippen LogP contribution in [0.25, 0.3) is 0 Å². The lowest BCUT2D eigenvalue weighted by atomic mass is 10.2. The van der Waals surface area contributed by atoms with Gasteiger partial charge in [0.1, 0.15) is 0 Å². The summed E-state index contributed by atoms with van der Waals surface area (Å²) in [7, 11) is 0. The molecular weight excluding hydrogens is 273 g/mol. The molecule has 0 radical (unpaired) electrons. The maximum atomic E-state index is 12.9. The van der Waals surface area contributed by atoms with Crippen LogP contribution in [0.1, 0.15) is 42.3 Å². The van der Waals surface area contributed by atoms with Crippen molar-refractivity contribution in [1.82, 2.24) is 10.3 Å². The van der Waals surface area contributed by atoms with Crippen molar-refractivity contribution in [3.63, 3.8) is 0 Å². The van der Waals surface area contributed by atoms with E-state index in [2.05, 4.69) is 10.3 Å². The summed E-state index contributed by atoms with van der Waals surface area (Å²) in [5.41, 5.74) is -0.690. The van der Waals surface area contributed by atoms with Crippen LogP contribution in [0, 0.1) is 11.8 Å². The molecule has 0 atom stereocenters. The molecule has 1 aromatic rings. The molecular formula is C13H19F3N2S. The molecule has 1 saturated carbocycles. The average Bonchev–Trinajstić information content (AvgIpc) is 2.96. The number of rotatable bonds is 6. The Morgan fingerprint density at radius 2 is 2.05 bits per heavy atom. The van der Waals surface area contributed by atoms with Crippen LogP contribution < -0.4 is 5.32 Å². The normalized spacial score (nSPS) is 16.3. The molecule has 6 heteroatoms. The van der Waals surface area contributed by atoms with Gasteiger partial charge < -0.3 is 5.32 Å². The lowest BCUT2D eigenvalue weighted by Gasteiger charge is -2.08. The van der Waals surface area contributed by atoms with E-state index in [9.17, 15) is 13.2 Å². The Hall–Kier alpha value is -0.620. The zero-order valence-corrected chi connectivity index (χ0v) is 12.0. The third-order valence-electron chi connectivity index (χ3n) is 3.01. The third kappa shape index (κ3) is 4.45. The summed E-state index contributed by atoms with van der Waals surface area (Å²) in [5, 5.41) is 3.70. The Kier molecular flexibility index (Phi) is 4.50. The summed E-state index contributed by atoms with van der Waals surface area (Å²) < 4.78 is 38.8. The lowest BCUT2D eigenvalue weighted by Crippen LogP contribution is -2.20. The molecule has 0 spiro atoms. The Balaban J connectivity index is 2.06. The number of halogens is 3. The molecule has 0 saturated heterocycles. The standard InChI is InChI=1S/C13H19F3N2S/c1-8(2)6-17-7-10-12(13(14,15)16)18-11(19-10)5-9-3-4-9/h8-9,17H,3-7H2,1-2H3. The van der Waals surface area contributed by atoms with Crippen LogP contribution in [-0.2, 0) is 19.1 Å². The number of aromatic nitrogens is 1. The van der Waals surface area contributed by atoms with Crippen LogP contribution in [0.15, 0.2) is 0 Å². The smallest absolute Gasteiger partial charge is 0.312 e. The number of hydrogen-bond donors (Lipinski definition) is 1. The molecule has 1 aromatic heterocycles. The van der Waals surface area contributed by atoms with Crippen molar-refractivity contribution >= 4 is 11.3 Å². The van der Waals surface area contributed by atoms with Gasteiger partial charge >= 0.3 is 6.18 Å². The van der Waals surface area contributed by atoms with Crippen molar-refractivity contribution in [1.29, 1.82) is 0 Å². The van der Waals surface area contributed by atoms with Gasteiger partial charge in [0.25, 0.3) is 0 Å². The van der Waals surface area contributed by atoms with Gasteiger partial charge in [0.15, 0.2) is 5.69 Å². The predicted octanol–water partition coefficient (Wildman–Crippen LogP) is 3.86. The first-order chi connectivity index (χ1) is 8.86. The molecule has 19 heavy (non-hydrogen) atoms. The highest BCUT2D eigenvalue weighted by atomic mass is 32.1. The van der Waals surface area contributed by atoms with E-state index in [1.165, 1.54) is 11.3 Å².